The Bertz CT molecular complexity index is 478. The Kier molecular flexibility index (Phi) is 3.53. The molecule has 106 valence electrons. The monoisotopic (exact) mass is 279 g/mol. The van der Waals surface area contributed by atoms with E-state index in [9.17, 15) is 17.6 Å². The first-order chi connectivity index (χ1) is 8.79. The van der Waals surface area contributed by atoms with Gasteiger partial charge in [0.25, 0.3) is 0 Å². The van der Waals surface area contributed by atoms with Crippen LogP contribution in [-0.4, -0.2) is 30.8 Å². The molecule has 1 saturated heterocycles. The van der Waals surface area contributed by atoms with Crippen LogP contribution in [0.15, 0.2) is 6.07 Å². The first-order valence-electron chi connectivity index (χ1n) is 5.69. The summed E-state index contributed by atoms with van der Waals surface area (Å²) in [4.78, 5) is 5.27. The van der Waals surface area contributed by atoms with Crippen LogP contribution in [0.2, 0.25) is 0 Å². The summed E-state index contributed by atoms with van der Waals surface area (Å²) in [5, 5.41) is 0. The van der Waals surface area contributed by atoms with Gasteiger partial charge in [0.15, 0.2) is 11.6 Å². The largest absolute Gasteiger partial charge is 0.419 e. The van der Waals surface area contributed by atoms with Crippen molar-refractivity contribution in [2.45, 2.75) is 19.2 Å². The minimum atomic E-state index is -4.80. The second-order valence-electron chi connectivity index (χ2n) is 4.35. The summed E-state index contributed by atoms with van der Waals surface area (Å²) >= 11 is 0. The molecule has 1 aromatic rings. The molecule has 19 heavy (non-hydrogen) atoms. The lowest BCUT2D eigenvalue weighted by Crippen LogP contribution is -2.41. The predicted molar refractivity (Wildman–Crippen MR) is 61.2 cm³/mol. The highest BCUT2D eigenvalue weighted by molar-refractivity contribution is 5.50. The summed E-state index contributed by atoms with van der Waals surface area (Å²) in [7, 11) is 0. The van der Waals surface area contributed by atoms with Crippen molar-refractivity contribution >= 4 is 11.6 Å². The molecule has 0 bridgehead atoms. The second kappa shape index (κ2) is 4.84. The molecule has 0 radical (unpaired) electrons. The van der Waals surface area contributed by atoms with Gasteiger partial charge in [0, 0.05) is 13.1 Å². The molecule has 1 aliphatic heterocycles. The maximum absolute atomic E-state index is 13.4. The first kappa shape index (κ1) is 13.9. The maximum atomic E-state index is 13.4. The third-order valence-electron chi connectivity index (χ3n) is 2.84. The summed E-state index contributed by atoms with van der Waals surface area (Å²) in [6, 6.07) is 0.684. The van der Waals surface area contributed by atoms with E-state index in [0.717, 1.165) is 0 Å². The van der Waals surface area contributed by atoms with E-state index in [0.29, 0.717) is 25.8 Å². The number of nitrogens with two attached hydrogens (primary N) is 1. The van der Waals surface area contributed by atoms with E-state index in [2.05, 4.69) is 4.98 Å². The van der Waals surface area contributed by atoms with Gasteiger partial charge in [-0.1, -0.05) is 0 Å². The molecular weight excluding hydrogens is 266 g/mol. The zero-order chi connectivity index (χ0) is 14.2. The van der Waals surface area contributed by atoms with E-state index >= 15 is 0 Å². The maximum Gasteiger partial charge on any atom is 0.419 e. The Labute approximate surface area is 107 Å². The Morgan fingerprint density at radius 1 is 1.47 bits per heavy atom. The average Bonchev–Trinajstić information content (AvgIpc) is 2.31. The Morgan fingerprint density at radius 3 is 2.74 bits per heavy atom. The van der Waals surface area contributed by atoms with Gasteiger partial charge < -0.3 is 15.4 Å². The quantitative estimate of drug-likeness (QED) is 0.799. The number of pyridine rings is 1. The molecule has 4 nitrogen and oxygen atoms in total. The summed E-state index contributed by atoms with van der Waals surface area (Å²) < 4.78 is 56.7. The van der Waals surface area contributed by atoms with Gasteiger partial charge >= 0.3 is 6.18 Å². The summed E-state index contributed by atoms with van der Waals surface area (Å²) in [6.07, 6.45) is -4.93. The molecule has 1 aliphatic rings. The molecule has 0 saturated carbocycles. The third kappa shape index (κ3) is 2.89. The number of nitrogen functional groups attached to an aromatic ring is 1. The average molecular weight is 279 g/mol. The van der Waals surface area contributed by atoms with Crippen molar-refractivity contribution in [3.05, 3.63) is 17.4 Å². The van der Waals surface area contributed by atoms with Gasteiger partial charge in [0.1, 0.15) is 5.82 Å². The molecule has 0 amide bonds. The molecule has 2 heterocycles. The minimum absolute atomic E-state index is 0.0152. The third-order valence-corrected chi connectivity index (χ3v) is 2.84. The lowest BCUT2D eigenvalue weighted by Gasteiger charge is -2.32. The number of aromatic nitrogens is 1. The Balaban J connectivity index is 2.39. The van der Waals surface area contributed by atoms with E-state index in [4.69, 9.17) is 10.5 Å². The van der Waals surface area contributed by atoms with Crippen molar-refractivity contribution in [1.82, 2.24) is 4.98 Å². The van der Waals surface area contributed by atoms with Gasteiger partial charge in [-0.15, -0.1) is 0 Å². The van der Waals surface area contributed by atoms with Crippen molar-refractivity contribution in [2.24, 2.45) is 0 Å². The number of halogens is 4. The van der Waals surface area contributed by atoms with Gasteiger partial charge in [-0.3, -0.25) is 0 Å². The van der Waals surface area contributed by atoms with Crippen LogP contribution in [0.4, 0.5) is 29.2 Å². The van der Waals surface area contributed by atoms with Gasteiger partial charge in [-0.05, 0) is 13.0 Å². The summed E-state index contributed by atoms with van der Waals surface area (Å²) in [6.45, 7) is 2.94. The summed E-state index contributed by atoms with van der Waals surface area (Å²) in [5.41, 5.74) is 3.82. The molecule has 0 aliphatic carbocycles. The van der Waals surface area contributed by atoms with E-state index in [1.165, 1.54) is 0 Å². The van der Waals surface area contributed by atoms with Crippen molar-refractivity contribution in [3.8, 4) is 0 Å². The minimum Gasteiger partial charge on any atom is -0.381 e. The number of hydrogen-bond donors (Lipinski definition) is 1. The number of morpholine rings is 1. The van der Waals surface area contributed by atoms with E-state index in [1.807, 2.05) is 0 Å². The van der Waals surface area contributed by atoms with Crippen LogP contribution in [0.25, 0.3) is 0 Å². The number of hydrogen-bond acceptors (Lipinski definition) is 4. The highest BCUT2D eigenvalue weighted by Crippen LogP contribution is 2.35. The molecule has 2 rings (SSSR count). The standard InChI is InChI=1S/C11H13F4N3O/c1-6-5-18(2-3-19-6)8-4-7(11(13,14)15)9(12)10(16)17-8/h4,6H,2-3,5H2,1H3,(H2,16,17)/t6-/m1/s1. The van der Waals surface area contributed by atoms with Crippen LogP contribution in [0.3, 0.4) is 0 Å². The molecule has 8 heteroatoms. The van der Waals surface area contributed by atoms with Gasteiger partial charge in [0.05, 0.1) is 18.3 Å². The molecule has 2 N–H and O–H groups in total. The molecular formula is C11H13F4N3O. The first-order valence-corrected chi connectivity index (χ1v) is 5.69. The number of anilines is 2. The van der Waals surface area contributed by atoms with Gasteiger partial charge in [-0.25, -0.2) is 9.37 Å². The fraction of sp³-hybridized carbons (Fsp3) is 0.545. The highest BCUT2D eigenvalue weighted by atomic mass is 19.4. The SMILES string of the molecule is C[C@@H]1CN(c2cc(C(F)(F)F)c(F)c(N)n2)CCO1. The fourth-order valence-corrected chi connectivity index (χ4v) is 1.93. The lowest BCUT2D eigenvalue weighted by atomic mass is 10.2. The van der Waals surface area contributed by atoms with Crippen LogP contribution in [0.1, 0.15) is 12.5 Å². The van der Waals surface area contributed by atoms with E-state index in [1.54, 1.807) is 11.8 Å². The smallest absolute Gasteiger partial charge is 0.381 e. The van der Waals surface area contributed by atoms with Crippen molar-refractivity contribution in [3.63, 3.8) is 0 Å². The van der Waals surface area contributed by atoms with Crippen LogP contribution >= 0.6 is 0 Å². The van der Waals surface area contributed by atoms with Crippen molar-refractivity contribution in [2.75, 3.05) is 30.3 Å². The van der Waals surface area contributed by atoms with Crippen LogP contribution in [-0.2, 0) is 10.9 Å². The predicted octanol–water partition coefficient (Wildman–Crippen LogP) is 2.05. The van der Waals surface area contributed by atoms with Crippen LogP contribution in [0.5, 0.6) is 0 Å². The van der Waals surface area contributed by atoms with E-state index < -0.39 is 23.4 Å². The molecule has 0 unspecified atom stereocenters. The Hall–Kier alpha value is -1.57. The zero-order valence-corrected chi connectivity index (χ0v) is 10.2. The molecule has 0 aromatic carbocycles. The van der Waals surface area contributed by atoms with Crippen LogP contribution < -0.4 is 10.6 Å². The number of ether oxygens (including phenoxy) is 1. The van der Waals surface area contributed by atoms with Crippen molar-refractivity contribution < 1.29 is 22.3 Å². The van der Waals surface area contributed by atoms with E-state index in [-0.39, 0.29) is 11.9 Å². The van der Waals surface area contributed by atoms with Gasteiger partial charge in [-0.2, -0.15) is 13.2 Å². The molecule has 1 fully saturated rings. The number of rotatable bonds is 1. The lowest BCUT2D eigenvalue weighted by molar-refractivity contribution is -0.139. The van der Waals surface area contributed by atoms with Gasteiger partial charge in [0.2, 0.25) is 0 Å². The zero-order valence-electron chi connectivity index (χ0n) is 10.2. The Morgan fingerprint density at radius 2 is 2.16 bits per heavy atom. The second-order valence-corrected chi connectivity index (χ2v) is 4.35. The number of nitrogens with zero attached hydrogens (tertiary/aromatic N) is 2. The topological polar surface area (TPSA) is 51.4 Å². The number of alkyl halides is 3. The molecule has 0 spiro atoms. The van der Waals surface area contributed by atoms with Crippen LogP contribution in [0, 0.1) is 5.82 Å². The molecule has 1 aromatic heterocycles. The van der Waals surface area contributed by atoms with Crippen molar-refractivity contribution in [1.29, 1.82) is 0 Å². The highest BCUT2D eigenvalue weighted by Gasteiger charge is 2.36. The summed E-state index contributed by atoms with van der Waals surface area (Å²) in [5.74, 6) is -2.26. The molecule has 1 atom stereocenters. The normalized spacial score (nSPS) is 20.7. The fourth-order valence-electron chi connectivity index (χ4n) is 1.93.